The number of aromatic nitrogens is 1. The van der Waals surface area contributed by atoms with Crippen LogP contribution in [0, 0.1) is 0 Å². The molecule has 0 fully saturated rings. The second-order valence-electron chi connectivity index (χ2n) is 5.50. The van der Waals surface area contributed by atoms with E-state index in [1.54, 1.807) is 24.3 Å². The van der Waals surface area contributed by atoms with E-state index in [4.69, 9.17) is 9.47 Å². The fourth-order valence-electron chi connectivity index (χ4n) is 2.24. The smallest absolute Gasteiger partial charge is 0.497 e. The molecule has 6 nitrogen and oxygen atoms in total. The van der Waals surface area contributed by atoms with Crippen LogP contribution in [-0.2, 0) is 21.3 Å². The summed E-state index contributed by atoms with van der Waals surface area (Å²) in [5, 5.41) is 0. The third-order valence-electron chi connectivity index (χ3n) is 3.57. The van der Waals surface area contributed by atoms with Gasteiger partial charge in [-0.25, -0.2) is 0 Å². The number of benzene rings is 1. The van der Waals surface area contributed by atoms with Gasteiger partial charge in [0.05, 0.1) is 7.11 Å². The van der Waals surface area contributed by atoms with Crippen molar-refractivity contribution in [3.8, 4) is 22.8 Å². The van der Waals surface area contributed by atoms with Crippen LogP contribution in [0.2, 0.25) is 0 Å². The predicted molar refractivity (Wildman–Crippen MR) is 92.0 cm³/mol. The number of aryl methyl sites for hydroxylation is 1. The lowest BCUT2D eigenvalue weighted by Gasteiger charge is -2.14. The molecule has 0 saturated carbocycles. The highest BCUT2D eigenvalue weighted by molar-refractivity contribution is 7.88. The van der Waals surface area contributed by atoms with Crippen LogP contribution in [0.5, 0.6) is 11.5 Å². The SMILES string of the molecule is COCCCc1cnc(-c2ccc(OC)cc2)c(OS(=O)(=O)C(F)(F)F)c1. The first kappa shape index (κ1) is 21.0. The van der Waals surface area contributed by atoms with Crippen LogP contribution in [0.4, 0.5) is 13.2 Å². The number of methoxy groups -OCH3 is 2. The van der Waals surface area contributed by atoms with Crippen molar-refractivity contribution in [3.63, 3.8) is 0 Å². The standard InChI is InChI=1S/C17H18F3NO5S/c1-24-9-3-4-12-10-15(26-27(22,23)17(18,19)20)16(21-11-12)13-5-7-14(25-2)8-6-13/h5-8,10-11H,3-4,9H2,1-2H3. The molecule has 148 valence electrons. The Labute approximate surface area is 155 Å². The maximum atomic E-state index is 12.7. The summed E-state index contributed by atoms with van der Waals surface area (Å²) in [7, 11) is -2.84. The molecule has 0 bridgehead atoms. The zero-order valence-corrected chi connectivity index (χ0v) is 15.4. The number of halogens is 3. The lowest BCUT2D eigenvalue weighted by molar-refractivity contribution is -0.0499. The summed E-state index contributed by atoms with van der Waals surface area (Å²) in [5.41, 5.74) is -4.67. The summed E-state index contributed by atoms with van der Waals surface area (Å²) < 4.78 is 75.5. The second kappa shape index (κ2) is 8.57. The Morgan fingerprint density at radius 3 is 2.33 bits per heavy atom. The molecule has 0 aliphatic heterocycles. The average Bonchev–Trinajstić information content (AvgIpc) is 2.61. The van der Waals surface area contributed by atoms with Gasteiger partial charge in [-0.2, -0.15) is 21.6 Å². The molecule has 0 spiro atoms. The number of nitrogens with zero attached hydrogens (tertiary/aromatic N) is 1. The first-order valence-corrected chi connectivity index (χ1v) is 9.22. The number of alkyl halides is 3. The summed E-state index contributed by atoms with van der Waals surface area (Å²) in [6.07, 6.45) is 2.49. The third-order valence-corrected chi connectivity index (χ3v) is 4.54. The van der Waals surface area contributed by atoms with Crippen LogP contribution in [0.3, 0.4) is 0 Å². The Balaban J connectivity index is 2.44. The van der Waals surface area contributed by atoms with Gasteiger partial charge in [0.25, 0.3) is 0 Å². The largest absolute Gasteiger partial charge is 0.534 e. The number of pyridine rings is 1. The minimum Gasteiger partial charge on any atom is -0.497 e. The molecule has 1 aromatic heterocycles. The molecule has 0 N–H and O–H groups in total. The topological polar surface area (TPSA) is 74.7 Å². The van der Waals surface area contributed by atoms with Crippen molar-refractivity contribution >= 4 is 10.1 Å². The maximum absolute atomic E-state index is 12.7. The van der Waals surface area contributed by atoms with Crippen LogP contribution in [0.15, 0.2) is 36.5 Å². The van der Waals surface area contributed by atoms with E-state index in [0.717, 1.165) is 0 Å². The minimum atomic E-state index is -5.83. The average molecular weight is 405 g/mol. The quantitative estimate of drug-likeness (QED) is 0.380. The molecule has 0 radical (unpaired) electrons. The van der Waals surface area contributed by atoms with Crippen molar-refractivity contribution in [1.82, 2.24) is 4.98 Å². The van der Waals surface area contributed by atoms with Crippen LogP contribution in [-0.4, -0.2) is 39.7 Å². The van der Waals surface area contributed by atoms with E-state index in [1.807, 2.05) is 0 Å². The van der Waals surface area contributed by atoms with Crippen molar-refractivity contribution in [3.05, 3.63) is 42.1 Å². The molecule has 0 aliphatic rings. The van der Waals surface area contributed by atoms with Crippen molar-refractivity contribution in [2.24, 2.45) is 0 Å². The first-order valence-electron chi connectivity index (χ1n) is 7.81. The van der Waals surface area contributed by atoms with Crippen LogP contribution in [0.1, 0.15) is 12.0 Å². The molecule has 0 atom stereocenters. The fraction of sp³-hybridized carbons (Fsp3) is 0.353. The van der Waals surface area contributed by atoms with Crippen molar-refractivity contribution in [2.45, 2.75) is 18.3 Å². The number of hydrogen-bond acceptors (Lipinski definition) is 6. The molecule has 0 unspecified atom stereocenters. The van der Waals surface area contributed by atoms with E-state index in [-0.39, 0.29) is 5.69 Å². The number of rotatable bonds is 8. The van der Waals surface area contributed by atoms with E-state index in [9.17, 15) is 21.6 Å². The Hall–Kier alpha value is -2.33. The zero-order chi connectivity index (χ0) is 20.1. The summed E-state index contributed by atoms with van der Waals surface area (Å²) in [6, 6.07) is 7.47. The minimum absolute atomic E-state index is 0.0269. The van der Waals surface area contributed by atoms with E-state index in [2.05, 4.69) is 9.17 Å². The van der Waals surface area contributed by atoms with Gasteiger partial charge >= 0.3 is 15.6 Å². The van der Waals surface area contributed by atoms with Crippen LogP contribution >= 0.6 is 0 Å². The lowest BCUT2D eigenvalue weighted by Crippen LogP contribution is -2.28. The molecule has 27 heavy (non-hydrogen) atoms. The van der Waals surface area contributed by atoms with Crippen LogP contribution < -0.4 is 8.92 Å². The summed E-state index contributed by atoms with van der Waals surface area (Å²) >= 11 is 0. The monoisotopic (exact) mass is 405 g/mol. The first-order chi connectivity index (χ1) is 12.7. The molecular formula is C17H18F3NO5S. The molecule has 1 heterocycles. The fourth-order valence-corrected chi connectivity index (χ4v) is 2.70. The summed E-state index contributed by atoms with van der Waals surface area (Å²) in [5.74, 6) is 0.0349. The molecular weight excluding hydrogens is 387 g/mol. The second-order valence-corrected chi connectivity index (χ2v) is 7.04. The van der Waals surface area contributed by atoms with Crippen molar-refractivity contribution in [2.75, 3.05) is 20.8 Å². The maximum Gasteiger partial charge on any atom is 0.534 e. The molecule has 2 aromatic rings. The van der Waals surface area contributed by atoms with E-state index < -0.39 is 21.4 Å². The van der Waals surface area contributed by atoms with Gasteiger partial charge in [-0.1, -0.05) is 0 Å². The van der Waals surface area contributed by atoms with E-state index in [0.29, 0.717) is 36.3 Å². The lowest BCUT2D eigenvalue weighted by atomic mass is 10.1. The zero-order valence-electron chi connectivity index (χ0n) is 14.6. The molecule has 1 aromatic carbocycles. The molecule has 0 aliphatic carbocycles. The van der Waals surface area contributed by atoms with Gasteiger partial charge in [0.15, 0.2) is 5.75 Å². The van der Waals surface area contributed by atoms with Gasteiger partial charge in [0.2, 0.25) is 0 Å². The number of ether oxygens (including phenoxy) is 2. The van der Waals surface area contributed by atoms with Crippen LogP contribution in [0.25, 0.3) is 11.3 Å². The van der Waals surface area contributed by atoms with Gasteiger partial charge in [-0.05, 0) is 48.7 Å². The highest BCUT2D eigenvalue weighted by atomic mass is 32.2. The Morgan fingerprint density at radius 2 is 1.78 bits per heavy atom. The molecule has 10 heteroatoms. The summed E-state index contributed by atoms with van der Waals surface area (Å²) in [4.78, 5) is 4.11. The molecule has 0 saturated heterocycles. The molecule has 2 rings (SSSR count). The van der Waals surface area contributed by atoms with E-state index in [1.165, 1.54) is 26.5 Å². The van der Waals surface area contributed by atoms with Gasteiger partial charge in [0.1, 0.15) is 11.4 Å². The van der Waals surface area contributed by atoms with Crippen molar-refractivity contribution in [1.29, 1.82) is 0 Å². The van der Waals surface area contributed by atoms with Gasteiger partial charge in [-0.3, -0.25) is 4.98 Å². The van der Waals surface area contributed by atoms with Gasteiger partial charge in [0, 0.05) is 25.5 Å². The highest BCUT2D eigenvalue weighted by Crippen LogP contribution is 2.34. The Kier molecular flexibility index (Phi) is 6.66. The molecule has 0 amide bonds. The Morgan fingerprint density at radius 1 is 1.11 bits per heavy atom. The van der Waals surface area contributed by atoms with E-state index >= 15 is 0 Å². The van der Waals surface area contributed by atoms with Crippen molar-refractivity contribution < 1.29 is 35.2 Å². The Bertz CT molecular complexity index is 867. The number of hydrogen-bond donors (Lipinski definition) is 0. The predicted octanol–water partition coefficient (Wildman–Crippen LogP) is 3.56. The highest BCUT2D eigenvalue weighted by Gasteiger charge is 2.49. The normalized spacial score (nSPS) is 12.0. The summed E-state index contributed by atoms with van der Waals surface area (Å²) in [6.45, 7) is 0.442. The van der Waals surface area contributed by atoms with Gasteiger partial charge in [-0.15, -0.1) is 0 Å². The third kappa shape index (κ3) is 5.33. The van der Waals surface area contributed by atoms with Gasteiger partial charge < -0.3 is 13.7 Å².